The van der Waals surface area contributed by atoms with Crippen molar-refractivity contribution in [2.75, 3.05) is 13.2 Å². The Morgan fingerprint density at radius 2 is 2.25 bits per heavy atom. The monoisotopic (exact) mass is 279 g/mol. The molecule has 20 heavy (non-hydrogen) atoms. The van der Waals surface area contributed by atoms with E-state index in [0.29, 0.717) is 16.9 Å². The van der Waals surface area contributed by atoms with Crippen LogP contribution in [0.4, 0.5) is 0 Å². The molecule has 0 fully saturated rings. The minimum Gasteiger partial charge on any atom is -0.491 e. The molecule has 1 atom stereocenters. The summed E-state index contributed by atoms with van der Waals surface area (Å²) in [7, 11) is 0. The Bertz CT molecular complexity index is 498. The van der Waals surface area contributed by atoms with Crippen LogP contribution in [0.1, 0.15) is 25.6 Å². The van der Waals surface area contributed by atoms with Gasteiger partial charge in [-0.3, -0.25) is 0 Å². The first-order valence-electron chi connectivity index (χ1n) is 6.12. The Morgan fingerprint density at radius 1 is 1.50 bits per heavy atom. The number of aliphatic hydroxyl groups excluding tert-OH is 1. The first-order valence-corrected chi connectivity index (χ1v) is 6.12. The molecule has 0 bridgehead atoms. The fourth-order valence-corrected chi connectivity index (χ4v) is 1.38. The summed E-state index contributed by atoms with van der Waals surface area (Å²) in [6, 6.07) is 6.47. The number of aliphatic hydroxyl groups is 1. The second-order valence-corrected chi connectivity index (χ2v) is 3.98. The van der Waals surface area contributed by atoms with Gasteiger partial charge in [-0.15, -0.1) is 4.91 Å². The number of ether oxygens (including phenoxy) is 2. The second kappa shape index (κ2) is 8.06. The van der Waals surface area contributed by atoms with Gasteiger partial charge in [-0.2, -0.15) is 0 Å². The molecular formula is C14H17NO5. The van der Waals surface area contributed by atoms with Gasteiger partial charge >= 0.3 is 5.97 Å². The zero-order valence-corrected chi connectivity index (χ0v) is 11.4. The zero-order chi connectivity index (χ0) is 15.0. The van der Waals surface area contributed by atoms with Crippen molar-refractivity contribution in [3.05, 3.63) is 46.4 Å². The predicted molar refractivity (Wildman–Crippen MR) is 73.1 cm³/mol. The van der Waals surface area contributed by atoms with Crippen molar-refractivity contribution in [2.45, 2.75) is 20.1 Å². The Kier molecular flexibility index (Phi) is 6.39. The number of benzene rings is 1. The number of carbonyl (C=O) groups excluding carboxylic acids is 1. The number of hydrogen-bond donors (Lipinski definition) is 1. The molecule has 0 aliphatic rings. The maximum absolute atomic E-state index is 11.6. The molecule has 0 aliphatic carbocycles. The lowest BCUT2D eigenvalue weighted by Crippen LogP contribution is -2.10. The molecule has 6 heteroatoms. The van der Waals surface area contributed by atoms with Gasteiger partial charge in [-0.25, -0.2) is 4.79 Å². The van der Waals surface area contributed by atoms with Crippen LogP contribution in [0, 0.1) is 4.91 Å². The smallest absolute Gasteiger partial charge is 0.335 e. The predicted octanol–water partition coefficient (Wildman–Crippen LogP) is 2.33. The van der Waals surface area contributed by atoms with Crippen LogP contribution in [0.25, 0.3) is 0 Å². The molecule has 108 valence electrons. The van der Waals surface area contributed by atoms with E-state index in [1.165, 1.54) is 0 Å². The number of hydrogen-bond acceptors (Lipinski definition) is 6. The summed E-state index contributed by atoms with van der Waals surface area (Å²) in [6.45, 7) is 3.31. The van der Waals surface area contributed by atoms with E-state index in [0.717, 1.165) is 0 Å². The van der Waals surface area contributed by atoms with E-state index < -0.39 is 12.2 Å². The molecule has 0 saturated carbocycles. The topological polar surface area (TPSA) is 85.2 Å². The third kappa shape index (κ3) is 4.47. The Morgan fingerprint density at radius 3 is 2.85 bits per heavy atom. The molecule has 6 nitrogen and oxygen atoms in total. The van der Waals surface area contributed by atoms with Crippen LogP contribution in [0.5, 0.6) is 5.75 Å². The molecule has 1 aromatic rings. The van der Waals surface area contributed by atoms with Crippen LogP contribution in [0.15, 0.2) is 41.1 Å². The molecule has 0 heterocycles. The molecule has 0 amide bonds. The third-order valence-corrected chi connectivity index (χ3v) is 2.57. The van der Waals surface area contributed by atoms with Crippen molar-refractivity contribution in [3.8, 4) is 5.75 Å². The summed E-state index contributed by atoms with van der Waals surface area (Å²) in [5.41, 5.74) is 0.805. The minimum absolute atomic E-state index is 0.116. The van der Waals surface area contributed by atoms with Gasteiger partial charge in [0.15, 0.2) is 0 Å². The van der Waals surface area contributed by atoms with Gasteiger partial charge in [0, 0.05) is 11.1 Å². The van der Waals surface area contributed by atoms with E-state index in [-0.39, 0.29) is 13.2 Å². The highest BCUT2D eigenvalue weighted by atomic mass is 16.6. The first kappa shape index (κ1) is 15.8. The number of carbonyl (C=O) groups is 1. The highest BCUT2D eigenvalue weighted by Gasteiger charge is 2.18. The molecule has 1 N–H and O–H groups in total. The van der Waals surface area contributed by atoms with E-state index >= 15 is 0 Å². The second-order valence-electron chi connectivity index (χ2n) is 3.98. The van der Waals surface area contributed by atoms with Gasteiger partial charge in [0.05, 0.1) is 6.61 Å². The number of esters is 1. The molecule has 0 aliphatic heterocycles. The number of nitrogens with zero attached hydrogens (tertiary/aromatic N) is 1. The maximum Gasteiger partial charge on any atom is 0.335 e. The average molecular weight is 279 g/mol. The van der Waals surface area contributed by atoms with Gasteiger partial charge in [0.2, 0.25) is 0 Å². The summed E-state index contributed by atoms with van der Waals surface area (Å²) >= 11 is 0. The van der Waals surface area contributed by atoms with Crippen LogP contribution in [-0.2, 0) is 9.53 Å². The van der Waals surface area contributed by atoms with Crippen molar-refractivity contribution >= 4 is 5.97 Å². The largest absolute Gasteiger partial charge is 0.491 e. The van der Waals surface area contributed by atoms with E-state index in [2.05, 4.69) is 5.18 Å². The van der Waals surface area contributed by atoms with Crippen molar-refractivity contribution < 1.29 is 19.4 Å². The van der Waals surface area contributed by atoms with Gasteiger partial charge in [-0.05, 0) is 31.2 Å². The Labute approximate surface area is 117 Å². The molecule has 0 spiro atoms. The molecule has 0 saturated heterocycles. The fourth-order valence-electron chi connectivity index (χ4n) is 1.38. The lowest BCUT2D eigenvalue weighted by molar-refractivity contribution is -0.144. The van der Waals surface area contributed by atoms with Gasteiger partial charge < -0.3 is 14.6 Å². The third-order valence-electron chi connectivity index (χ3n) is 2.57. The Hall–Kier alpha value is -2.21. The summed E-state index contributed by atoms with van der Waals surface area (Å²) in [5, 5.41) is 11.5. The van der Waals surface area contributed by atoms with Crippen molar-refractivity contribution in [2.24, 2.45) is 5.18 Å². The van der Waals surface area contributed by atoms with Crippen LogP contribution in [-0.4, -0.2) is 24.3 Å². The minimum atomic E-state index is -1.23. The van der Waals surface area contributed by atoms with Crippen LogP contribution in [0.3, 0.4) is 0 Å². The van der Waals surface area contributed by atoms with Gasteiger partial charge in [0.1, 0.15) is 12.4 Å². The van der Waals surface area contributed by atoms with E-state index in [1.54, 1.807) is 44.2 Å². The molecule has 1 rings (SSSR count). The summed E-state index contributed by atoms with van der Waals surface area (Å²) in [5.74, 6) is -0.136. The van der Waals surface area contributed by atoms with Crippen LogP contribution >= 0.6 is 0 Å². The van der Waals surface area contributed by atoms with Crippen molar-refractivity contribution in [3.63, 3.8) is 0 Å². The highest BCUT2D eigenvalue weighted by molar-refractivity contribution is 5.87. The van der Waals surface area contributed by atoms with E-state index in [9.17, 15) is 9.70 Å². The van der Waals surface area contributed by atoms with Crippen molar-refractivity contribution in [1.29, 1.82) is 0 Å². The SMILES string of the molecule is CC=C(C)C(=O)OC(N=O)c1cccc(OCCO)c1. The molecule has 1 aromatic carbocycles. The summed E-state index contributed by atoms with van der Waals surface area (Å²) in [4.78, 5) is 22.5. The van der Waals surface area contributed by atoms with Crippen molar-refractivity contribution in [1.82, 2.24) is 0 Å². The standard InChI is InChI=1S/C14H17NO5/c1-3-10(2)14(17)20-13(15-18)11-5-4-6-12(9-11)19-8-7-16/h3-6,9,13,16H,7-8H2,1-2H3. The molecular weight excluding hydrogens is 262 g/mol. The molecule has 0 radical (unpaired) electrons. The number of rotatable bonds is 7. The fraction of sp³-hybridized carbons (Fsp3) is 0.357. The molecule has 0 aromatic heterocycles. The summed E-state index contributed by atoms with van der Waals surface area (Å²) in [6.07, 6.45) is 0.361. The Balaban J connectivity index is 2.84. The number of allylic oxidation sites excluding steroid dienone is 1. The summed E-state index contributed by atoms with van der Waals surface area (Å²) < 4.78 is 10.2. The normalized spacial score (nSPS) is 12.7. The van der Waals surface area contributed by atoms with E-state index in [1.807, 2.05) is 0 Å². The number of nitroso groups, excluding NO2 is 1. The van der Waals surface area contributed by atoms with Crippen LogP contribution < -0.4 is 4.74 Å². The van der Waals surface area contributed by atoms with Gasteiger partial charge in [-0.1, -0.05) is 18.2 Å². The lowest BCUT2D eigenvalue weighted by atomic mass is 10.2. The van der Waals surface area contributed by atoms with Gasteiger partial charge in [0.25, 0.3) is 6.23 Å². The average Bonchev–Trinajstić information content (AvgIpc) is 2.49. The quantitative estimate of drug-likeness (QED) is 0.470. The maximum atomic E-state index is 11.6. The van der Waals surface area contributed by atoms with Crippen LogP contribution in [0.2, 0.25) is 0 Å². The first-order chi connectivity index (χ1) is 9.62. The van der Waals surface area contributed by atoms with E-state index in [4.69, 9.17) is 14.6 Å². The molecule has 1 unspecified atom stereocenters. The highest BCUT2D eigenvalue weighted by Crippen LogP contribution is 2.24. The zero-order valence-electron chi connectivity index (χ0n) is 11.4. The lowest BCUT2D eigenvalue weighted by Gasteiger charge is -2.12.